The van der Waals surface area contributed by atoms with Gasteiger partial charge in [0, 0.05) is 49.1 Å². The number of nitrogens with one attached hydrogen (secondary N) is 2. The second kappa shape index (κ2) is 9.38. The summed E-state index contributed by atoms with van der Waals surface area (Å²) >= 11 is 0. The van der Waals surface area contributed by atoms with Gasteiger partial charge in [0.05, 0.1) is 16.8 Å². The van der Waals surface area contributed by atoms with Crippen LogP contribution in [0.1, 0.15) is 35.2 Å². The molecule has 0 fully saturated rings. The van der Waals surface area contributed by atoms with Gasteiger partial charge in [-0.05, 0) is 30.0 Å². The van der Waals surface area contributed by atoms with Gasteiger partial charge in [-0.15, -0.1) is 0 Å². The molecular weight excluding hydrogens is 404 g/mol. The minimum atomic E-state index is -0.118. The Hall–Kier alpha value is -4.07. The predicted octanol–water partition coefficient (Wildman–Crippen LogP) is 3.76. The minimum Gasteiger partial charge on any atom is -0.493 e. The molecular formula is C24H24N6O2. The molecule has 0 radical (unpaired) electrons. The average molecular weight is 428 g/mol. The van der Waals surface area contributed by atoms with E-state index in [1.807, 2.05) is 18.2 Å². The number of aromatic hydroxyl groups is 1. The molecule has 4 aromatic rings. The Morgan fingerprint density at radius 3 is 2.75 bits per heavy atom. The number of pyridine rings is 2. The van der Waals surface area contributed by atoms with Crippen LogP contribution in [0.4, 0.5) is 5.82 Å². The van der Waals surface area contributed by atoms with E-state index in [0.717, 1.165) is 34.1 Å². The SMILES string of the molecule is CNC(=O)c1ccnc2c(C(C)CCNc3cc(-c4ccc(O)nc4)ncn3)cccc12. The molecule has 3 heterocycles. The van der Waals surface area contributed by atoms with Crippen molar-refractivity contribution in [2.75, 3.05) is 18.9 Å². The van der Waals surface area contributed by atoms with Crippen molar-refractivity contribution in [2.45, 2.75) is 19.3 Å². The first-order valence-corrected chi connectivity index (χ1v) is 10.4. The topological polar surface area (TPSA) is 113 Å². The molecule has 1 unspecified atom stereocenters. The molecule has 0 spiro atoms. The molecule has 1 aromatic carbocycles. The Kier molecular flexibility index (Phi) is 6.21. The maximum Gasteiger partial charge on any atom is 0.251 e. The summed E-state index contributed by atoms with van der Waals surface area (Å²) in [5, 5.41) is 16.3. The zero-order valence-corrected chi connectivity index (χ0v) is 17.9. The normalized spacial score (nSPS) is 11.8. The monoisotopic (exact) mass is 428 g/mol. The number of hydrogen-bond acceptors (Lipinski definition) is 7. The average Bonchev–Trinajstić information content (AvgIpc) is 2.83. The summed E-state index contributed by atoms with van der Waals surface area (Å²) in [6.07, 6.45) is 5.61. The molecule has 3 aromatic heterocycles. The summed E-state index contributed by atoms with van der Waals surface area (Å²) in [6.45, 7) is 2.86. The molecule has 8 nitrogen and oxygen atoms in total. The van der Waals surface area contributed by atoms with Gasteiger partial charge >= 0.3 is 0 Å². The Balaban J connectivity index is 1.46. The lowest BCUT2D eigenvalue weighted by Crippen LogP contribution is -2.18. The maximum absolute atomic E-state index is 12.2. The van der Waals surface area contributed by atoms with Gasteiger partial charge in [0.1, 0.15) is 12.1 Å². The predicted molar refractivity (Wildman–Crippen MR) is 124 cm³/mol. The Bertz CT molecular complexity index is 1240. The van der Waals surface area contributed by atoms with Crippen LogP contribution in [0.15, 0.2) is 61.2 Å². The maximum atomic E-state index is 12.2. The van der Waals surface area contributed by atoms with Crippen LogP contribution in [-0.4, -0.2) is 44.5 Å². The van der Waals surface area contributed by atoms with Crippen molar-refractivity contribution in [1.29, 1.82) is 0 Å². The van der Waals surface area contributed by atoms with Gasteiger partial charge in [0.15, 0.2) is 0 Å². The van der Waals surface area contributed by atoms with Gasteiger partial charge in [-0.2, -0.15) is 0 Å². The number of hydrogen-bond donors (Lipinski definition) is 3. The van der Waals surface area contributed by atoms with E-state index in [-0.39, 0.29) is 17.7 Å². The number of carbonyl (C=O) groups excluding carboxylic acids is 1. The van der Waals surface area contributed by atoms with Crippen molar-refractivity contribution in [2.24, 2.45) is 0 Å². The Labute approximate surface area is 185 Å². The second-order valence-electron chi connectivity index (χ2n) is 7.49. The Morgan fingerprint density at radius 1 is 1.09 bits per heavy atom. The van der Waals surface area contributed by atoms with Gasteiger partial charge in [-0.1, -0.05) is 25.1 Å². The van der Waals surface area contributed by atoms with Gasteiger partial charge in [-0.25, -0.2) is 15.0 Å². The zero-order chi connectivity index (χ0) is 22.5. The highest BCUT2D eigenvalue weighted by Crippen LogP contribution is 2.28. The molecule has 1 amide bonds. The summed E-state index contributed by atoms with van der Waals surface area (Å²) in [5.41, 5.74) is 4.11. The van der Waals surface area contributed by atoms with Crippen molar-refractivity contribution in [1.82, 2.24) is 25.3 Å². The van der Waals surface area contributed by atoms with Crippen LogP contribution >= 0.6 is 0 Å². The largest absolute Gasteiger partial charge is 0.493 e. The van der Waals surface area contributed by atoms with Crippen molar-refractivity contribution >= 4 is 22.6 Å². The standard InChI is InChI=1S/C24H24N6O2/c1-15(17-4-3-5-18-19(24(32)25-2)9-11-27-23(17)18)8-10-26-21-12-20(29-14-30-21)16-6-7-22(31)28-13-16/h3-7,9,11-15H,8,10H2,1-2H3,(H,25,32)(H,28,31)(H,26,29,30). The molecule has 1 atom stereocenters. The van der Waals surface area contributed by atoms with Crippen LogP contribution in [-0.2, 0) is 0 Å². The molecule has 3 N–H and O–H groups in total. The van der Waals surface area contributed by atoms with E-state index in [1.54, 1.807) is 31.6 Å². The number of fused-ring (bicyclic) bond motifs is 1. The van der Waals surface area contributed by atoms with Gasteiger partial charge in [-0.3, -0.25) is 9.78 Å². The fraction of sp³-hybridized carbons (Fsp3) is 0.208. The molecule has 0 saturated heterocycles. The fourth-order valence-corrected chi connectivity index (χ4v) is 3.65. The molecule has 8 heteroatoms. The summed E-state index contributed by atoms with van der Waals surface area (Å²) < 4.78 is 0. The first-order chi connectivity index (χ1) is 15.6. The first kappa shape index (κ1) is 21.2. The highest BCUT2D eigenvalue weighted by Gasteiger charge is 2.15. The number of amides is 1. The molecule has 0 aliphatic carbocycles. The third kappa shape index (κ3) is 4.49. The fourth-order valence-electron chi connectivity index (χ4n) is 3.65. The molecule has 0 bridgehead atoms. The second-order valence-corrected chi connectivity index (χ2v) is 7.49. The van der Waals surface area contributed by atoms with E-state index in [4.69, 9.17) is 0 Å². The van der Waals surface area contributed by atoms with Crippen LogP contribution in [0.2, 0.25) is 0 Å². The lowest BCUT2D eigenvalue weighted by atomic mass is 9.94. The van der Waals surface area contributed by atoms with Gasteiger partial charge < -0.3 is 15.7 Å². The van der Waals surface area contributed by atoms with E-state index in [9.17, 15) is 9.90 Å². The first-order valence-electron chi connectivity index (χ1n) is 10.4. The zero-order valence-electron chi connectivity index (χ0n) is 17.9. The number of rotatable bonds is 7. The lowest BCUT2D eigenvalue weighted by molar-refractivity contribution is 0.0964. The van der Waals surface area contributed by atoms with Crippen molar-refractivity contribution in [3.63, 3.8) is 0 Å². The number of anilines is 1. The van der Waals surface area contributed by atoms with E-state index in [1.165, 1.54) is 12.4 Å². The number of para-hydroxylation sites is 1. The Morgan fingerprint density at radius 2 is 1.97 bits per heavy atom. The quantitative estimate of drug-likeness (QED) is 0.411. The highest BCUT2D eigenvalue weighted by molar-refractivity contribution is 6.06. The number of aromatic nitrogens is 4. The van der Waals surface area contributed by atoms with E-state index < -0.39 is 0 Å². The van der Waals surface area contributed by atoms with Crippen molar-refractivity contribution in [3.8, 4) is 17.1 Å². The number of benzene rings is 1. The summed E-state index contributed by atoms with van der Waals surface area (Å²) in [6, 6.07) is 12.9. The summed E-state index contributed by atoms with van der Waals surface area (Å²) in [5.74, 6) is 0.794. The van der Waals surface area contributed by atoms with Crippen molar-refractivity contribution in [3.05, 3.63) is 72.3 Å². The van der Waals surface area contributed by atoms with E-state index in [2.05, 4.69) is 43.6 Å². The number of nitrogens with zero attached hydrogens (tertiary/aromatic N) is 4. The number of carbonyl (C=O) groups is 1. The summed E-state index contributed by atoms with van der Waals surface area (Å²) in [4.78, 5) is 29.2. The van der Waals surface area contributed by atoms with Gasteiger partial charge in [0.25, 0.3) is 5.91 Å². The molecule has 162 valence electrons. The third-order valence-corrected chi connectivity index (χ3v) is 5.40. The smallest absolute Gasteiger partial charge is 0.251 e. The third-order valence-electron chi connectivity index (χ3n) is 5.40. The molecule has 0 aliphatic rings. The van der Waals surface area contributed by atoms with Crippen LogP contribution in [0.25, 0.3) is 22.2 Å². The summed E-state index contributed by atoms with van der Waals surface area (Å²) in [7, 11) is 1.63. The molecule has 0 aliphatic heterocycles. The lowest BCUT2D eigenvalue weighted by Gasteiger charge is -2.16. The van der Waals surface area contributed by atoms with Gasteiger partial charge in [0.2, 0.25) is 5.88 Å². The van der Waals surface area contributed by atoms with Crippen LogP contribution < -0.4 is 10.6 Å². The molecule has 32 heavy (non-hydrogen) atoms. The van der Waals surface area contributed by atoms with Crippen molar-refractivity contribution < 1.29 is 9.90 Å². The van der Waals surface area contributed by atoms with E-state index >= 15 is 0 Å². The van der Waals surface area contributed by atoms with Crippen LogP contribution in [0.5, 0.6) is 5.88 Å². The van der Waals surface area contributed by atoms with Crippen LogP contribution in [0.3, 0.4) is 0 Å². The van der Waals surface area contributed by atoms with Crippen LogP contribution in [0, 0.1) is 0 Å². The minimum absolute atomic E-state index is 0.0273. The highest BCUT2D eigenvalue weighted by atomic mass is 16.3. The molecule has 0 saturated carbocycles. The molecule has 4 rings (SSSR count). The van der Waals surface area contributed by atoms with E-state index in [0.29, 0.717) is 17.9 Å².